The average molecular weight is 286 g/mol. The number of hydrogen-bond acceptors (Lipinski definition) is 3. The molecule has 0 spiro atoms. The largest absolute Gasteiger partial charge is 0.494 e. The highest BCUT2D eigenvalue weighted by atomic mass is 32.1. The molecule has 1 aromatic heterocycles. The lowest BCUT2D eigenvalue weighted by Gasteiger charge is -2.07. The van der Waals surface area contributed by atoms with Crippen LogP contribution in [0.1, 0.15) is 40.1 Å². The molecule has 1 aromatic carbocycles. The fourth-order valence-corrected chi connectivity index (χ4v) is 3.32. The molecule has 0 bridgehead atoms. The highest BCUT2D eigenvalue weighted by Crippen LogP contribution is 2.26. The molecular formula is C17H18O2S. The zero-order chi connectivity index (χ0) is 13.8. The second kappa shape index (κ2) is 6.23. The van der Waals surface area contributed by atoms with Gasteiger partial charge in [-0.05, 0) is 60.4 Å². The number of rotatable bonds is 6. The van der Waals surface area contributed by atoms with Gasteiger partial charge in [0.05, 0.1) is 11.5 Å². The Labute approximate surface area is 123 Å². The number of fused-ring (bicyclic) bond motifs is 1. The lowest BCUT2D eigenvalue weighted by atomic mass is 10.1. The van der Waals surface area contributed by atoms with E-state index in [1.165, 1.54) is 41.7 Å². The first-order chi connectivity index (χ1) is 9.83. The van der Waals surface area contributed by atoms with Crippen LogP contribution in [0.3, 0.4) is 0 Å². The maximum Gasteiger partial charge on any atom is 0.172 e. The number of ketones is 1. The molecule has 1 heterocycles. The number of thiophene rings is 1. The first-order valence-electron chi connectivity index (χ1n) is 7.14. The third-order valence-electron chi connectivity index (χ3n) is 3.68. The lowest BCUT2D eigenvalue weighted by molar-refractivity contribution is 0.0977. The predicted octanol–water partition coefficient (Wildman–Crippen LogP) is 4.28. The zero-order valence-corrected chi connectivity index (χ0v) is 12.2. The van der Waals surface area contributed by atoms with Gasteiger partial charge in [0, 0.05) is 6.42 Å². The summed E-state index contributed by atoms with van der Waals surface area (Å²) < 4.78 is 5.75. The molecule has 104 valence electrons. The maximum absolute atomic E-state index is 11.8. The van der Waals surface area contributed by atoms with Crippen molar-refractivity contribution in [2.24, 2.45) is 0 Å². The van der Waals surface area contributed by atoms with E-state index in [1.807, 2.05) is 23.6 Å². The monoisotopic (exact) mass is 286 g/mol. The second-order valence-corrected chi connectivity index (χ2v) is 6.08. The number of Topliss-reactive ketones (excluding diaryl/α,β-unsaturated/α-hetero) is 1. The normalized spacial score (nSPS) is 13.2. The van der Waals surface area contributed by atoms with Gasteiger partial charge in [-0.2, -0.15) is 0 Å². The molecular weight excluding hydrogens is 268 g/mol. The standard InChI is InChI=1S/C17H18O2S/c18-16(17-7-3-11-20-17)6-2-10-19-15-9-8-13-4-1-5-14(13)12-15/h3,7-9,11-12H,1-2,4-6,10H2. The molecule has 0 saturated heterocycles. The lowest BCUT2D eigenvalue weighted by Crippen LogP contribution is -2.02. The molecule has 0 radical (unpaired) electrons. The van der Waals surface area contributed by atoms with Crippen molar-refractivity contribution in [1.29, 1.82) is 0 Å². The highest BCUT2D eigenvalue weighted by molar-refractivity contribution is 7.12. The Morgan fingerprint density at radius 1 is 1.20 bits per heavy atom. The third kappa shape index (κ3) is 3.10. The Balaban J connectivity index is 1.45. The van der Waals surface area contributed by atoms with Crippen molar-refractivity contribution in [3.8, 4) is 5.75 Å². The average Bonchev–Trinajstić information content (AvgIpc) is 3.13. The van der Waals surface area contributed by atoms with Crippen LogP contribution in [0.5, 0.6) is 5.75 Å². The van der Waals surface area contributed by atoms with Crippen LogP contribution in [0, 0.1) is 0 Å². The summed E-state index contributed by atoms with van der Waals surface area (Å²) in [5.74, 6) is 1.16. The summed E-state index contributed by atoms with van der Waals surface area (Å²) in [6, 6.07) is 10.2. The maximum atomic E-state index is 11.8. The summed E-state index contributed by atoms with van der Waals surface area (Å²) in [5.41, 5.74) is 2.89. The van der Waals surface area contributed by atoms with Crippen molar-refractivity contribution in [2.45, 2.75) is 32.1 Å². The van der Waals surface area contributed by atoms with E-state index in [1.54, 1.807) is 0 Å². The minimum absolute atomic E-state index is 0.220. The van der Waals surface area contributed by atoms with Crippen LogP contribution in [0.15, 0.2) is 35.7 Å². The molecule has 3 heteroatoms. The minimum atomic E-state index is 0.220. The van der Waals surface area contributed by atoms with E-state index >= 15 is 0 Å². The molecule has 0 unspecified atom stereocenters. The van der Waals surface area contributed by atoms with Gasteiger partial charge in [0.1, 0.15) is 5.75 Å². The second-order valence-electron chi connectivity index (χ2n) is 5.14. The molecule has 1 aliphatic carbocycles. The van der Waals surface area contributed by atoms with E-state index in [0.29, 0.717) is 13.0 Å². The molecule has 0 aliphatic heterocycles. The van der Waals surface area contributed by atoms with Gasteiger partial charge in [-0.15, -0.1) is 11.3 Å². The van der Waals surface area contributed by atoms with E-state index < -0.39 is 0 Å². The number of aryl methyl sites for hydroxylation is 2. The molecule has 0 fully saturated rings. The van der Waals surface area contributed by atoms with Crippen LogP contribution < -0.4 is 4.74 Å². The van der Waals surface area contributed by atoms with Gasteiger partial charge in [0.25, 0.3) is 0 Å². The van der Waals surface area contributed by atoms with Gasteiger partial charge in [-0.1, -0.05) is 12.1 Å². The highest BCUT2D eigenvalue weighted by Gasteiger charge is 2.11. The minimum Gasteiger partial charge on any atom is -0.494 e. The number of carbonyl (C=O) groups is 1. The SMILES string of the molecule is O=C(CCCOc1ccc2c(c1)CCC2)c1cccs1. The van der Waals surface area contributed by atoms with Crippen molar-refractivity contribution in [3.63, 3.8) is 0 Å². The fourth-order valence-electron chi connectivity index (χ4n) is 2.62. The smallest absolute Gasteiger partial charge is 0.172 e. The molecule has 0 amide bonds. The number of carbonyl (C=O) groups excluding carboxylic acids is 1. The van der Waals surface area contributed by atoms with Crippen LogP contribution in [0.2, 0.25) is 0 Å². The van der Waals surface area contributed by atoms with Gasteiger partial charge in [0.2, 0.25) is 0 Å². The van der Waals surface area contributed by atoms with E-state index in [4.69, 9.17) is 4.74 Å². The van der Waals surface area contributed by atoms with Crippen molar-refractivity contribution in [3.05, 3.63) is 51.7 Å². The van der Waals surface area contributed by atoms with Gasteiger partial charge in [-0.3, -0.25) is 4.79 Å². The summed E-state index contributed by atoms with van der Waals surface area (Å²) in [6.07, 6.45) is 4.96. The Morgan fingerprint density at radius 2 is 2.10 bits per heavy atom. The molecule has 2 aromatic rings. The Kier molecular flexibility index (Phi) is 4.16. The van der Waals surface area contributed by atoms with Crippen LogP contribution in [0.4, 0.5) is 0 Å². The zero-order valence-electron chi connectivity index (χ0n) is 11.4. The molecule has 2 nitrogen and oxygen atoms in total. The summed E-state index contributed by atoms with van der Waals surface area (Å²) >= 11 is 1.51. The van der Waals surface area contributed by atoms with Gasteiger partial charge >= 0.3 is 0 Å². The van der Waals surface area contributed by atoms with E-state index in [0.717, 1.165) is 17.0 Å². The third-order valence-corrected chi connectivity index (χ3v) is 4.59. The van der Waals surface area contributed by atoms with E-state index in [2.05, 4.69) is 12.1 Å². The quantitative estimate of drug-likeness (QED) is 0.585. The van der Waals surface area contributed by atoms with Gasteiger partial charge in [-0.25, -0.2) is 0 Å². The Morgan fingerprint density at radius 3 is 2.95 bits per heavy atom. The molecule has 0 saturated carbocycles. The van der Waals surface area contributed by atoms with Crippen LogP contribution in [0.25, 0.3) is 0 Å². The topological polar surface area (TPSA) is 26.3 Å². The number of benzene rings is 1. The molecule has 3 rings (SSSR count). The molecule has 20 heavy (non-hydrogen) atoms. The molecule has 0 atom stereocenters. The van der Waals surface area contributed by atoms with Crippen LogP contribution in [-0.2, 0) is 12.8 Å². The van der Waals surface area contributed by atoms with Gasteiger partial charge < -0.3 is 4.74 Å². The van der Waals surface area contributed by atoms with Crippen molar-refractivity contribution in [2.75, 3.05) is 6.61 Å². The summed E-state index contributed by atoms with van der Waals surface area (Å²) in [4.78, 5) is 12.7. The number of hydrogen-bond donors (Lipinski definition) is 0. The van der Waals surface area contributed by atoms with Gasteiger partial charge in [0.15, 0.2) is 5.78 Å². The Bertz CT molecular complexity index is 587. The van der Waals surface area contributed by atoms with Crippen molar-refractivity contribution >= 4 is 17.1 Å². The van der Waals surface area contributed by atoms with Crippen molar-refractivity contribution in [1.82, 2.24) is 0 Å². The summed E-state index contributed by atoms with van der Waals surface area (Å²) in [5, 5.41) is 1.94. The summed E-state index contributed by atoms with van der Waals surface area (Å²) in [6.45, 7) is 0.607. The van der Waals surface area contributed by atoms with E-state index in [-0.39, 0.29) is 5.78 Å². The fraction of sp³-hybridized carbons (Fsp3) is 0.353. The predicted molar refractivity (Wildman–Crippen MR) is 81.8 cm³/mol. The summed E-state index contributed by atoms with van der Waals surface area (Å²) in [7, 11) is 0. The van der Waals surface area contributed by atoms with Crippen LogP contribution in [-0.4, -0.2) is 12.4 Å². The first-order valence-corrected chi connectivity index (χ1v) is 8.02. The van der Waals surface area contributed by atoms with Crippen LogP contribution >= 0.6 is 11.3 Å². The van der Waals surface area contributed by atoms with E-state index in [9.17, 15) is 4.79 Å². The molecule has 1 aliphatic rings. The first kappa shape index (κ1) is 13.4. The van der Waals surface area contributed by atoms with Crippen molar-refractivity contribution < 1.29 is 9.53 Å². The molecule has 0 N–H and O–H groups in total. The Hall–Kier alpha value is -1.61. The number of ether oxygens (including phenoxy) is 1.